The molecule has 580 valence electrons. The van der Waals surface area contributed by atoms with Crippen LogP contribution in [-0.2, 0) is 19.3 Å². The maximum atomic E-state index is 7.94. The number of nitrogens with two attached hydrogens (primary N) is 1. The first-order chi connectivity index (χ1) is 60.8. The van der Waals surface area contributed by atoms with Crippen molar-refractivity contribution in [2.24, 2.45) is 15.7 Å². The summed E-state index contributed by atoms with van der Waals surface area (Å²) in [6, 6.07) is 147. The minimum Gasteiger partial charge on any atom is -0.318 e. The molecule has 1 atom stereocenters. The van der Waals surface area contributed by atoms with Crippen LogP contribution in [0.25, 0.3) is 197 Å². The number of benzene rings is 20. The van der Waals surface area contributed by atoms with E-state index in [0.717, 1.165) is 130 Å². The number of hydrogen-bond donors (Lipinski definition) is 1. The van der Waals surface area contributed by atoms with E-state index in [1.54, 1.807) is 0 Å². The van der Waals surface area contributed by atoms with Crippen LogP contribution < -0.4 is 5.73 Å². The summed E-state index contributed by atoms with van der Waals surface area (Å²) < 4.78 is 9.80. The fourth-order valence-corrected chi connectivity index (χ4v) is 20.4. The smallest absolute Gasteiger partial charge is 0.135 e. The molecule has 0 saturated heterocycles. The molecule has 24 aromatic rings. The summed E-state index contributed by atoms with van der Waals surface area (Å²) >= 11 is 0. The highest BCUT2D eigenvalue weighted by Crippen LogP contribution is 2.47. The van der Waals surface area contributed by atoms with Crippen molar-refractivity contribution in [1.82, 2.24) is 18.3 Å². The molecule has 24 rings (SSSR count). The molecule has 0 amide bonds. The SMILES string of the molecule is CCc1ccccc1N=C(Cc1ccc(-c2ccccc2)c2ccccc12)n1c2ccc(-n3c4ccc(-c5ccc(-c6ccc(C(N)C(=Nc7ccccc7CC)n7c8ccc(-n9c%10ccccc%10c%10ccc%11ccccc%11c%109)cc8c8c9ccccc9ccc87)cc6)c6ccccc56)cc4c4cc5ccccc5cc43)cc2c2c3ccccc3ccc21. The molecular weight excluding hydrogens is 1490 g/mol. The molecule has 0 fully saturated rings. The van der Waals surface area contributed by atoms with Crippen LogP contribution in [0.1, 0.15) is 42.1 Å². The van der Waals surface area contributed by atoms with Gasteiger partial charge in [-0.05, 0) is 219 Å². The summed E-state index contributed by atoms with van der Waals surface area (Å²) in [4.78, 5) is 11.6. The van der Waals surface area contributed by atoms with Crippen LogP contribution in [0.2, 0.25) is 0 Å². The van der Waals surface area contributed by atoms with Gasteiger partial charge in [-0.25, -0.2) is 9.98 Å². The highest BCUT2D eigenvalue weighted by Gasteiger charge is 2.28. The monoisotopic (exact) mass is 1570 g/mol. The van der Waals surface area contributed by atoms with Crippen LogP contribution in [0.5, 0.6) is 0 Å². The molecule has 2 N–H and O–H groups in total. The Hall–Kier alpha value is -15.5. The lowest BCUT2D eigenvalue weighted by molar-refractivity contribution is 0.916. The Balaban J connectivity index is 0.625. The zero-order valence-electron chi connectivity index (χ0n) is 68.1. The first-order valence-electron chi connectivity index (χ1n) is 42.9. The second kappa shape index (κ2) is 28.9. The minimum absolute atomic E-state index is 0.591. The third kappa shape index (κ3) is 11.5. The van der Waals surface area contributed by atoms with Gasteiger partial charge in [0, 0.05) is 66.3 Å². The number of fused-ring (bicyclic) bond motifs is 21. The van der Waals surface area contributed by atoms with Crippen LogP contribution in [0.4, 0.5) is 11.4 Å². The van der Waals surface area contributed by atoms with Gasteiger partial charge in [-0.3, -0.25) is 9.13 Å². The third-order valence-electron chi connectivity index (χ3n) is 26.2. The average Bonchev–Trinajstić information content (AvgIpc) is 1.56. The first-order valence-corrected chi connectivity index (χ1v) is 42.9. The lowest BCUT2D eigenvalue weighted by atomic mass is 9.91. The van der Waals surface area contributed by atoms with E-state index in [-0.39, 0.29) is 0 Å². The summed E-state index contributed by atoms with van der Waals surface area (Å²) in [5.41, 5.74) is 32.4. The molecule has 7 heteroatoms. The Labute approximate surface area is 710 Å². The molecule has 0 aliphatic rings. The van der Waals surface area contributed by atoms with E-state index in [0.29, 0.717) is 6.42 Å². The van der Waals surface area contributed by atoms with Crippen molar-refractivity contribution in [1.29, 1.82) is 0 Å². The Bertz CT molecular complexity index is 8580. The van der Waals surface area contributed by atoms with Crippen molar-refractivity contribution in [2.75, 3.05) is 0 Å². The summed E-state index contributed by atoms with van der Waals surface area (Å²) in [6.07, 6.45) is 2.27. The fourth-order valence-electron chi connectivity index (χ4n) is 20.4. The predicted molar refractivity (Wildman–Crippen MR) is 523 cm³/mol. The van der Waals surface area contributed by atoms with Gasteiger partial charge >= 0.3 is 0 Å². The Kier molecular flexibility index (Phi) is 16.8. The molecule has 4 aromatic heterocycles. The van der Waals surface area contributed by atoms with E-state index < -0.39 is 6.04 Å². The highest BCUT2D eigenvalue weighted by molar-refractivity contribution is 6.28. The zero-order valence-corrected chi connectivity index (χ0v) is 68.1. The van der Waals surface area contributed by atoms with Crippen LogP contribution in [0, 0.1) is 0 Å². The molecule has 20 aromatic carbocycles. The van der Waals surface area contributed by atoms with Gasteiger partial charge in [0.2, 0.25) is 0 Å². The van der Waals surface area contributed by atoms with E-state index in [9.17, 15) is 0 Å². The van der Waals surface area contributed by atoms with Crippen molar-refractivity contribution in [3.05, 3.63) is 423 Å². The van der Waals surface area contributed by atoms with E-state index in [1.165, 1.54) is 125 Å². The normalized spacial score (nSPS) is 12.7. The standard InChI is InChI=1S/C116H81N7/c1-3-72-26-13-23-43-102(72)118-111(69-83-51-57-87(74-28-6-5-7-29-74)93-39-19-18-35-86(83)93)122-106-64-55-84(70-100(106)112-90-36-15-10-30-75(90)52-62-108(112)122)120-105-61-54-82(67-98(105)99-66-80-33-8-9-34-81(80)68-110(99)120)89-60-59-88(94-40-20-21-41-95(89)94)78-46-48-79(49-47-78)114(117)116(119-103-44-24-14-27-73(103)4-2)123-107-65-56-85(71-101(107)113-91-37-16-11-31-76(91)53-63-109(113)123)121-104-45-25-22-42-96(104)97-58-50-77-32-12-17-38-92(77)115(97)121/h5-68,70-71,114H,3-4,69,117H2,1-2H3. The quantitative estimate of drug-likeness (QED) is 0.0907. The summed E-state index contributed by atoms with van der Waals surface area (Å²) in [6.45, 7) is 4.43. The molecule has 4 heterocycles. The average molecular weight is 1570 g/mol. The number of aromatic nitrogens is 4. The first kappa shape index (κ1) is 71.6. The fraction of sp³-hybridized carbons (Fsp3) is 0.0517. The van der Waals surface area contributed by atoms with Crippen molar-refractivity contribution in [3.8, 4) is 44.8 Å². The largest absolute Gasteiger partial charge is 0.318 e. The van der Waals surface area contributed by atoms with Crippen molar-refractivity contribution in [2.45, 2.75) is 39.2 Å². The molecule has 7 nitrogen and oxygen atoms in total. The topological polar surface area (TPSA) is 70.5 Å². The third-order valence-corrected chi connectivity index (χ3v) is 26.2. The van der Waals surface area contributed by atoms with Gasteiger partial charge in [-0.15, -0.1) is 0 Å². The van der Waals surface area contributed by atoms with E-state index in [2.05, 4.69) is 432 Å². The van der Waals surface area contributed by atoms with E-state index in [4.69, 9.17) is 15.7 Å². The number of para-hydroxylation sites is 3. The minimum atomic E-state index is -0.643. The maximum Gasteiger partial charge on any atom is 0.135 e. The van der Waals surface area contributed by atoms with Gasteiger partial charge in [0.05, 0.1) is 61.6 Å². The van der Waals surface area contributed by atoms with Gasteiger partial charge in [0.25, 0.3) is 0 Å². The maximum absolute atomic E-state index is 7.94. The number of nitrogens with zero attached hydrogens (tertiary/aromatic N) is 6. The Morgan fingerprint density at radius 1 is 0.268 bits per heavy atom. The lowest BCUT2D eigenvalue weighted by Gasteiger charge is -2.20. The highest BCUT2D eigenvalue weighted by atomic mass is 15.1. The Morgan fingerprint density at radius 3 is 1.37 bits per heavy atom. The van der Waals surface area contributed by atoms with Gasteiger partial charge in [-0.1, -0.05) is 323 Å². The van der Waals surface area contributed by atoms with Crippen LogP contribution in [-0.4, -0.2) is 29.9 Å². The van der Waals surface area contributed by atoms with Crippen LogP contribution in [0.3, 0.4) is 0 Å². The number of rotatable bonds is 13. The molecule has 0 radical (unpaired) electrons. The molecule has 0 saturated carbocycles. The zero-order chi connectivity index (χ0) is 81.5. The van der Waals surface area contributed by atoms with Crippen LogP contribution in [0.15, 0.2) is 410 Å². The summed E-state index contributed by atoms with van der Waals surface area (Å²) in [5.74, 6) is 1.70. The lowest BCUT2D eigenvalue weighted by Crippen LogP contribution is -2.27. The molecule has 0 aliphatic heterocycles. The van der Waals surface area contributed by atoms with E-state index in [1.807, 2.05) is 0 Å². The summed E-state index contributed by atoms with van der Waals surface area (Å²) in [7, 11) is 0. The van der Waals surface area contributed by atoms with Gasteiger partial charge < -0.3 is 14.9 Å². The number of aryl methyl sites for hydroxylation is 2. The molecule has 0 bridgehead atoms. The van der Waals surface area contributed by atoms with Gasteiger partial charge in [-0.2, -0.15) is 0 Å². The molecule has 123 heavy (non-hydrogen) atoms. The van der Waals surface area contributed by atoms with Gasteiger partial charge in [0.15, 0.2) is 0 Å². The van der Waals surface area contributed by atoms with Crippen molar-refractivity contribution in [3.63, 3.8) is 0 Å². The predicted octanol–water partition coefficient (Wildman–Crippen LogP) is 30.2. The second-order valence-corrected chi connectivity index (χ2v) is 32.9. The summed E-state index contributed by atoms with van der Waals surface area (Å²) in [5, 5.41) is 23.8. The Morgan fingerprint density at radius 2 is 0.715 bits per heavy atom. The molecular formula is C116H81N7. The number of aliphatic imine (C=N–C) groups is 2. The van der Waals surface area contributed by atoms with Crippen molar-refractivity contribution >= 4 is 175 Å². The molecule has 0 aliphatic carbocycles. The van der Waals surface area contributed by atoms with Gasteiger partial charge in [0.1, 0.15) is 11.7 Å². The van der Waals surface area contributed by atoms with E-state index >= 15 is 0 Å². The molecule has 1 unspecified atom stereocenters. The van der Waals surface area contributed by atoms with Crippen LogP contribution >= 0.6 is 0 Å². The van der Waals surface area contributed by atoms with Crippen molar-refractivity contribution < 1.29 is 0 Å². The second-order valence-electron chi connectivity index (χ2n) is 32.9. The molecule has 0 spiro atoms. The number of hydrogen-bond acceptors (Lipinski definition) is 3.